The monoisotopic (exact) mass is 247 g/mol. The van der Waals surface area contributed by atoms with E-state index in [1.54, 1.807) is 18.9 Å². The molecular formula is C13H17N3O2. The van der Waals surface area contributed by atoms with Crippen LogP contribution in [0.2, 0.25) is 0 Å². The number of benzene rings is 1. The Morgan fingerprint density at radius 2 is 2.00 bits per heavy atom. The van der Waals surface area contributed by atoms with Crippen molar-refractivity contribution in [2.45, 2.75) is 6.54 Å². The summed E-state index contributed by atoms with van der Waals surface area (Å²) >= 11 is 0. The van der Waals surface area contributed by atoms with Gasteiger partial charge in [-0.2, -0.15) is 5.10 Å². The topological polar surface area (TPSA) is 62.3 Å². The summed E-state index contributed by atoms with van der Waals surface area (Å²) in [6.07, 6.45) is 0. The molecule has 5 heteroatoms. The van der Waals surface area contributed by atoms with Gasteiger partial charge in [0, 0.05) is 19.2 Å². The molecule has 1 aromatic heterocycles. The van der Waals surface area contributed by atoms with Crippen molar-refractivity contribution in [3.63, 3.8) is 0 Å². The summed E-state index contributed by atoms with van der Waals surface area (Å²) in [6.45, 7) is 0.417. The maximum atomic E-state index is 5.60. The van der Waals surface area contributed by atoms with Crippen molar-refractivity contribution in [2.24, 2.45) is 12.8 Å². The Labute approximate surface area is 106 Å². The summed E-state index contributed by atoms with van der Waals surface area (Å²) in [5.74, 6) is 1.56. The fourth-order valence-electron chi connectivity index (χ4n) is 1.89. The van der Waals surface area contributed by atoms with Gasteiger partial charge in [0.15, 0.2) is 0 Å². The maximum Gasteiger partial charge on any atom is 0.128 e. The molecular weight excluding hydrogens is 230 g/mol. The van der Waals surface area contributed by atoms with Crippen LogP contribution in [0.1, 0.15) is 5.69 Å². The normalized spacial score (nSPS) is 10.4. The van der Waals surface area contributed by atoms with Crippen LogP contribution in [0.15, 0.2) is 24.3 Å². The standard InChI is InChI=1S/C13H17N3O2/c1-16-12(6-9(8-14)15-16)11-7-10(17-2)4-5-13(11)18-3/h4-7H,8,14H2,1-3H3. The van der Waals surface area contributed by atoms with Gasteiger partial charge in [-0.1, -0.05) is 0 Å². The third-order valence-electron chi connectivity index (χ3n) is 2.82. The SMILES string of the molecule is COc1ccc(OC)c(-c2cc(CN)nn2C)c1. The van der Waals surface area contributed by atoms with Crippen LogP contribution in [0, 0.1) is 0 Å². The average Bonchev–Trinajstić information content (AvgIpc) is 2.79. The van der Waals surface area contributed by atoms with Crippen LogP contribution in [-0.2, 0) is 13.6 Å². The van der Waals surface area contributed by atoms with E-state index in [0.717, 1.165) is 28.5 Å². The van der Waals surface area contributed by atoms with E-state index < -0.39 is 0 Å². The molecule has 0 radical (unpaired) electrons. The summed E-state index contributed by atoms with van der Waals surface area (Å²) in [7, 11) is 5.17. The van der Waals surface area contributed by atoms with Crippen LogP contribution in [0.4, 0.5) is 0 Å². The highest BCUT2D eigenvalue weighted by Gasteiger charge is 2.12. The van der Waals surface area contributed by atoms with E-state index in [4.69, 9.17) is 15.2 Å². The number of rotatable bonds is 4. The zero-order chi connectivity index (χ0) is 13.1. The minimum atomic E-state index is 0.417. The van der Waals surface area contributed by atoms with Gasteiger partial charge in [-0.05, 0) is 24.3 Å². The molecule has 2 rings (SSSR count). The lowest BCUT2D eigenvalue weighted by Crippen LogP contribution is -1.99. The molecule has 0 aliphatic rings. The summed E-state index contributed by atoms with van der Waals surface area (Å²) in [4.78, 5) is 0. The smallest absolute Gasteiger partial charge is 0.128 e. The minimum Gasteiger partial charge on any atom is -0.497 e. The molecule has 96 valence electrons. The number of hydrogen-bond donors (Lipinski definition) is 1. The first kappa shape index (κ1) is 12.4. The van der Waals surface area contributed by atoms with Crippen LogP contribution in [0.5, 0.6) is 11.5 Å². The van der Waals surface area contributed by atoms with E-state index in [1.165, 1.54) is 0 Å². The van der Waals surface area contributed by atoms with Crippen molar-refractivity contribution < 1.29 is 9.47 Å². The predicted octanol–water partition coefficient (Wildman–Crippen LogP) is 1.56. The Hall–Kier alpha value is -2.01. The second-order valence-corrected chi connectivity index (χ2v) is 3.91. The Morgan fingerprint density at radius 3 is 2.56 bits per heavy atom. The fraction of sp³-hybridized carbons (Fsp3) is 0.308. The van der Waals surface area contributed by atoms with E-state index in [0.29, 0.717) is 6.54 Å². The quantitative estimate of drug-likeness (QED) is 0.890. The van der Waals surface area contributed by atoms with Crippen LogP contribution >= 0.6 is 0 Å². The van der Waals surface area contributed by atoms with E-state index in [-0.39, 0.29) is 0 Å². The van der Waals surface area contributed by atoms with E-state index in [9.17, 15) is 0 Å². The molecule has 0 bridgehead atoms. The molecule has 0 saturated carbocycles. The minimum absolute atomic E-state index is 0.417. The zero-order valence-corrected chi connectivity index (χ0v) is 10.8. The van der Waals surface area contributed by atoms with E-state index in [2.05, 4.69) is 5.10 Å². The molecule has 0 aliphatic carbocycles. The van der Waals surface area contributed by atoms with Crippen LogP contribution in [0.3, 0.4) is 0 Å². The predicted molar refractivity (Wildman–Crippen MR) is 69.6 cm³/mol. The van der Waals surface area contributed by atoms with Gasteiger partial charge in [-0.15, -0.1) is 0 Å². The molecule has 1 aromatic carbocycles. The molecule has 0 unspecified atom stereocenters. The second kappa shape index (κ2) is 5.10. The van der Waals surface area contributed by atoms with E-state index in [1.807, 2.05) is 31.3 Å². The molecule has 0 aliphatic heterocycles. The van der Waals surface area contributed by atoms with E-state index >= 15 is 0 Å². The largest absolute Gasteiger partial charge is 0.497 e. The molecule has 0 atom stereocenters. The molecule has 0 amide bonds. The van der Waals surface area contributed by atoms with Crippen molar-refractivity contribution in [2.75, 3.05) is 14.2 Å². The Balaban J connectivity index is 2.56. The molecule has 2 aromatic rings. The molecule has 5 nitrogen and oxygen atoms in total. The molecule has 2 N–H and O–H groups in total. The Bertz CT molecular complexity index is 549. The highest BCUT2D eigenvalue weighted by Crippen LogP contribution is 2.33. The zero-order valence-electron chi connectivity index (χ0n) is 10.8. The molecule has 18 heavy (non-hydrogen) atoms. The van der Waals surface area contributed by atoms with Gasteiger partial charge in [0.2, 0.25) is 0 Å². The number of methoxy groups -OCH3 is 2. The van der Waals surface area contributed by atoms with Crippen LogP contribution in [-0.4, -0.2) is 24.0 Å². The third kappa shape index (κ3) is 2.17. The van der Waals surface area contributed by atoms with Gasteiger partial charge < -0.3 is 15.2 Å². The number of ether oxygens (including phenoxy) is 2. The number of aromatic nitrogens is 2. The molecule has 0 saturated heterocycles. The Morgan fingerprint density at radius 1 is 1.22 bits per heavy atom. The highest BCUT2D eigenvalue weighted by molar-refractivity contribution is 5.69. The van der Waals surface area contributed by atoms with Gasteiger partial charge in [-0.3, -0.25) is 4.68 Å². The number of nitrogens with zero attached hydrogens (tertiary/aromatic N) is 2. The van der Waals surface area contributed by atoms with Crippen molar-refractivity contribution >= 4 is 0 Å². The first-order valence-electron chi connectivity index (χ1n) is 5.65. The van der Waals surface area contributed by atoms with Gasteiger partial charge in [0.05, 0.1) is 25.6 Å². The average molecular weight is 247 g/mol. The summed E-state index contributed by atoms with van der Waals surface area (Å²) in [5.41, 5.74) is 8.34. The highest BCUT2D eigenvalue weighted by atomic mass is 16.5. The van der Waals surface area contributed by atoms with Crippen molar-refractivity contribution in [3.05, 3.63) is 30.0 Å². The number of nitrogens with two attached hydrogens (primary N) is 1. The summed E-state index contributed by atoms with van der Waals surface area (Å²) in [5, 5.41) is 4.33. The van der Waals surface area contributed by atoms with Crippen molar-refractivity contribution in [1.29, 1.82) is 0 Å². The first-order chi connectivity index (χ1) is 8.69. The molecule has 0 spiro atoms. The lowest BCUT2D eigenvalue weighted by atomic mass is 10.1. The summed E-state index contributed by atoms with van der Waals surface area (Å²) < 4.78 is 12.4. The van der Waals surface area contributed by atoms with Crippen LogP contribution in [0.25, 0.3) is 11.3 Å². The van der Waals surface area contributed by atoms with Gasteiger partial charge >= 0.3 is 0 Å². The third-order valence-corrected chi connectivity index (χ3v) is 2.82. The van der Waals surface area contributed by atoms with Crippen molar-refractivity contribution in [1.82, 2.24) is 9.78 Å². The van der Waals surface area contributed by atoms with Gasteiger partial charge in [-0.25, -0.2) is 0 Å². The molecule has 0 fully saturated rings. The second-order valence-electron chi connectivity index (χ2n) is 3.91. The molecule has 1 heterocycles. The fourth-order valence-corrected chi connectivity index (χ4v) is 1.89. The van der Waals surface area contributed by atoms with Crippen molar-refractivity contribution in [3.8, 4) is 22.8 Å². The number of hydrogen-bond acceptors (Lipinski definition) is 4. The first-order valence-corrected chi connectivity index (χ1v) is 5.65. The van der Waals surface area contributed by atoms with Gasteiger partial charge in [0.25, 0.3) is 0 Å². The number of aryl methyl sites for hydroxylation is 1. The Kier molecular flexibility index (Phi) is 3.53. The van der Waals surface area contributed by atoms with Gasteiger partial charge in [0.1, 0.15) is 11.5 Å². The van der Waals surface area contributed by atoms with Crippen LogP contribution < -0.4 is 15.2 Å². The lowest BCUT2D eigenvalue weighted by Gasteiger charge is -2.10. The maximum absolute atomic E-state index is 5.60. The summed E-state index contributed by atoms with van der Waals surface area (Å²) in [6, 6.07) is 7.62. The lowest BCUT2D eigenvalue weighted by molar-refractivity contribution is 0.404.